The zero-order valence-electron chi connectivity index (χ0n) is 10.2. The Balaban J connectivity index is 2.25. The van der Waals surface area contributed by atoms with Gasteiger partial charge in [0, 0.05) is 5.56 Å². The Bertz CT molecular complexity index is 621. The van der Waals surface area contributed by atoms with E-state index in [0.717, 1.165) is 0 Å². The molecule has 1 aromatic rings. The first-order valence-corrected chi connectivity index (χ1v) is 7.20. The molecule has 2 N–H and O–H groups in total. The smallest absolute Gasteiger partial charge is 0.309 e. The van der Waals surface area contributed by atoms with Gasteiger partial charge in [-0.05, 0) is 6.92 Å². The van der Waals surface area contributed by atoms with E-state index in [-0.39, 0.29) is 11.6 Å². The third kappa shape index (κ3) is 2.70. The van der Waals surface area contributed by atoms with E-state index in [9.17, 15) is 13.2 Å². The van der Waals surface area contributed by atoms with Crippen LogP contribution in [0.25, 0.3) is 0 Å². The van der Waals surface area contributed by atoms with Crippen molar-refractivity contribution in [3.05, 3.63) is 47.5 Å². The second kappa shape index (κ2) is 4.93. The maximum absolute atomic E-state index is 12.1. The molecule has 0 radical (unpaired) electrons. The molecular formula is C12H13NO5S. The van der Waals surface area contributed by atoms with Gasteiger partial charge in [0.25, 0.3) is 0 Å². The van der Waals surface area contributed by atoms with Crippen LogP contribution in [0.15, 0.2) is 42.0 Å². The number of hydrogen-bond donors (Lipinski definition) is 1. The van der Waals surface area contributed by atoms with Crippen molar-refractivity contribution in [1.82, 2.24) is 0 Å². The molecule has 0 aliphatic carbocycles. The molecule has 1 aliphatic heterocycles. The number of nitrogens with two attached hydrogens (primary N) is 1. The standard InChI is InChI=1S/C12H13NO5S/c1-2-19(15,16)18-11-9(14)10(17-12(11)13)8-6-4-3-5-7-8/h3-7,10H,2,13H2,1H3. The highest BCUT2D eigenvalue weighted by Crippen LogP contribution is 2.32. The number of carbonyl (C=O) groups excluding carboxylic acids is 1. The minimum atomic E-state index is -3.81. The zero-order chi connectivity index (χ0) is 14.0. The SMILES string of the molecule is CCS(=O)(=O)OC1=C(N)OC(c2ccccc2)C1=O. The first-order valence-electron chi connectivity index (χ1n) is 5.62. The number of Topliss-reactive ketones (excluding diaryl/α,β-unsaturated/α-hetero) is 1. The molecular weight excluding hydrogens is 270 g/mol. The molecule has 19 heavy (non-hydrogen) atoms. The number of rotatable bonds is 4. The lowest BCUT2D eigenvalue weighted by atomic mass is 10.1. The van der Waals surface area contributed by atoms with Crippen molar-refractivity contribution >= 4 is 15.9 Å². The van der Waals surface area contributed by atoms with Crippen LogP contribution in [0.5, 0.6) is 0 Å². The van der Waals surface area contributed by atoms with E-state index in [1.165, 1.54) is 6.92 Å². The maximum Gasteiger partial charge on any atom is 0.309 e. The van der Waals surface area contributed by atoms with Crippen LogP contribution in [0.4, 0.5) is 0 Å². The Morgan fingerprint density at radius 1 is 1.32 bits per heavy atom. The summed E-state index contributed by atoms with van der Waals surface area (Å²) in [6, 6.07) is 8.65. The second-order valence-electron chi connectivity index (χ2n) is 3.90. The summed E-state index contributed by atoms with van der Waals surface area (Å²) in [4.78, 5) is 12.1. The molecule has 0 aromatic heterocycles. The lowest BCUT2D eigenvalue weighted by Crippen LogP contribution is -2.16. The third-order valence-electron chi connectivity index (χ3n) is 2.60. The minimum Gasteiger partial charge on any atom is -0.460 e. The summed E-state index contributed by atoms with van der Waals surface area (Å²) in [6.07, 6.45) is -0.955. The molecule has 6 nitrogen and oxygen atoms in total. The number of ketones is 1. The monoisotopic (exact) mass is 283 g/mol. The van der Waals surface area contributed by atoms with Gasteiger partial charge in [-0.3, -0.25) is 4.79 Å². The van der Waals surface area contributed by atoms with Gasteiger partial charge in [-0.2, -0.15) is 8.42 Å². The van der Waals surface area contributed by atoms with Gasteiger partial charge >= 0.3 is 10.1 Å². The molecule has 0 spiro atoms. The first kappa shape index (κ1) is 13.4. The quantitative estimate of drug-likeness (QED) is 0.822. The van der Waals surface area contributed by atoms with Crippen LogP contribution in [-0.2, 0) is 23.8 Å². The van der Waals surface area contributed by atoms with Crippen molar-refractivity contribution in [2.45, 2.75) is 13.0 Å². The molecule has 1 atom stereocenters. The minimum absolute atomic E-state index is 0.257. The van der Waals surface area contributed by atoms with Gasteiger partial charge in [0.2, 0.25) is 17.4 Å². The average Bonchev–Trinajstić information content (AvgIpc) is 2.67. The van der Waals surface area contributed by atoms with E-state index >= 15 is 0 Å². The molecule has 102 valence electrons. The van der Waals surface area contributed by atoms with E-state index in [1.807, 2.05) is 0 Å². The van der Waals surface area contributed by atoms with Crippen molar-refractivity contribution in [2.75, 3.05) is 5.75 Å². The summed E-state index contributed by atoms with van der Waals surface area (Å²) in [5.41, 5.74) is 6.09. The molecule has 0 bridgehead atoms. The summed E-state index contributed by atoms with van der Waals surface area (Å²) < 4.78 is 32.6. The van der Waals surface area contributed by atoms with Gasteiger partial charge in [-0.15, -0.1) is 0 Å². The first-order chi connectivity index (χ1) is 8.94. The highest BCUT2D eigenvalue weighted by Gasteiger charge is 2.39. The summed E-state index contributed by atoms with van der Waals surface area (Å²) in [5.74, 6) is -1.61. The number of benzene rings is 1. The largest absolute Gasteiger partial charge is 0.460 e. The predicted octanol–water partition coefficient (Wildman–Crippen LogP) is 0.821. The fourth-order valence-electron chi connectivity index (χ4n) is 1.59. The van der Waals surface area contributed by atoms with Crippen LogP contribution in [0, 0.1) is 0 Å². The Labute approximate surface area is 110 Å². The van der Waals surface area contributed by atoms with Gasteiger partial charge in [0.05, 0.1) is 5.75 Å². The lowest BCUT2D eigenvalue weighted by Gasteiger charge is -2.09. The Hall–Kier alpha value is -2.02. The molecule has 1 heterocycles. The van der Waals surface area contributed by atoms with E-state index in [0.29, 0.717) is 5.56 Å². The van der Waals surface area contributed by atoms with Gasteiger partial charge in [0.15, 0.2) is 6.10 Å². The molecule has 2 rings (SSSR count). The highest BCUT2D eigenvalue weighted by atomic mass is 32.2. The molecule has 0 amide bonds. The molecule has 1 unspecified atom stereocenters. The molecule has 0 saturated carbocycles. The maximum atomic E-state index is 12.1. The van der Waals surface area contributed by atoms with Crippen molar-refractivity contribution in [3.63, 3.8) is 0 Å². The number of carbonyl (C=O) groups is 1. The van der Waals surface area contributed by atoms with Crippen LogP contribution >= 0.6 is 0 Å². The summed E-state index contributed by atoms with van der Waals surface area (Å²) >= 11 is 0. The number of hydrogen-bond acceptors (Lipinski definition) is 6. The molecule has 7 heteroatoms. The summed E-state index contributed by atoms with van der Waals surface area (Å²) in [7, 11) is -3.81. The second-order valence-corrected chi connectivity index (χ2v) is 5.76. The topological polar surface area (TPSA) is 95.7 Å². The fourth-order valence-corrected chi connectivity index (χ4v) is 2.13. The molecule has 1 aromatic carbocycles. The third-order valence-corrected chi connectivity index (χ3v) is 3.72. The normalized spacial score (nSPS) is 19.4. The van der Waals surface area contributed by atoms with Gasteiger partial charge in [-0.25, -0.2) is 0 Å². The van der Waals surface area contributed by atoms with Crippen LogP contribution in [0.2, 0.25) is 0 Å². The van der Waals surface area contributed by atoms with Crippen molar-refractivity contribution < 1.29 is 22.1 Å². The van der Waals surface area contributed by atoms with Crippen LogP contribution < -0.4 is 5.73 Å². The molecule has 0 saturated heterocycles. The highest BCUT2D eigenvalue weighted by molar-refractivity contribution is 7.86. The van der Waals surface area contributed by atoms with Crippen molar-refractivity contribution in [1.29, 1.82) is 0 Å². The van der Waals surface area contributed by atoms with Crippen LogP contribution in [-0.4, -0.2) is 20.0 Å². The van der Waals surface area contributed by atoms with E-state index in [1.54, 1.807) is 30.3 Å². The van der Waals surface area contributed by atoms with Crippen molar-refractivity contribution in [3.8, 4) is 0 Å². The zero-order valence-corrected chi connectivity index (χ0v) is 11.0. The lowest BCUT2D eigenvalue weighted by molar-refractivity contribution is -0.123. The fraction of sp³-hybridized carbons (Fsp3) is 0.250. The van der Waals surface area contributed by atoms with Crippen LogP contribution in [0.3, 0.4) is 0 Å². The Morgan fingerprint density at radius 2 is 1.95 bits per heavy atom. The summed E-state index contributed by atoms with van der Waals surface area (Å²) in [5, 5.41) is 0. The van der Waals surface area contributed by atoms with Gasteiger partial charge < -0.3 is 14.7 Å². The Kier molecular flexibility index (Phi) is 3.48. The Morgan fingerprint density at radius 3 is 2.53 bits per heavy atom. The van der Waals surface area contributed by atoms with E-state index in [2.05, 4.69) is 4.18 Å². The average molecular weight is 283 g/mol. The number of ether oxygens (including phenoxy) is 1. The predicted molar refractivity (Wildman–Crippen MR) is 67.0 cm³/mol. The van der Waals surface area contributed by atoms with Crippen molar-refractivity contribution in [2.24, 2.45) is 5.73 Å². The van der Waals surface area contributed by atoms with E-state index in [4.69, 9.17) is 10.5 Å². The summed E-state index contributed by atoms with van der Waals surface area (Å²) in [6.45, 7) is 1.40. The molecule has 1 aliphatic rings. The molecule has 0 fully saturated rings. The van der Waals surface area contributed by atoms with Gasteiger partial charge in [0.1, 0.15) is 0 Å². The van der Waals surface area contributed by atoms with E-state index < -0.39 is 27.8 Å². The van der Waals surface area contributed by atoms with Gasteiger partial charge in [-0.1, -0.05) is 30.3 Å². The van der Waals surface area contributed by atoms with Crippen LogP contribution in [0.1, 0.15) is 18.6 Å².